The Morgan fingerprint density at radius 2 is 1.32 bits per heavy atom. The van der Waals surface area contributed by atoms with Crippen LogP contribution in [-0.2, 0) is 28.7 Å². The molecule has 28 heavy (non-hydrogen) atoms. The van der Waals surface area contributed by atoms with Crippen LogP contribution in [0.5, 0.6) is 0 Å². The average molecular weight is 423 g/mol. The van der Waals surface area contributed by atoms with Crippen LogP contribution in [0, 0.1) is 0 Å². The maximum atomic E-state index is 11.9. The van der Waals surface area contributed by atoms with Crippen LogP contribution in [0.3, 0.4) is 0 Å². The molecule has 12 nitrogen and oxygen atoms in total. The van der Waals surface area contributed by atoms with E-state index in [1.807, 2.05) is 6.26 Å². The highest BCUT2D eigenvalue weighted by Gasteiger charge is 2.22. The van der Waals surface area contributed by atoms with Gasteiger partial charge in [-0.2, -0.15) is 11.8 Å². The van der Waals surface area contributed by atoms with Crippen molar-refractivity contribution < 1.29 is 44.0 Å². The summed E-state index contributed by atoms with van der Waals surface area (Å²) in [5.41, 5.74) is 5.59. The molecule has 0 aromatic heterocycles. The van der Waals surface area contributed by atoms with Crippen LogP contribution in [0.25, 0.3) is 0 Å². The topological polar surface area (TPSA) is 188 Å². The molecule has 0 aromatic rings. The number of rotatable bonds is 15. The third kappa shape index (κ3) is 13.0. The summed E-state index contributed by atoms with van der Waals surface area (Å²) in [6.07, 6.45) is 2.14. The molecule has 0 aliphatic carbocycles. The van der Waals surface area contributed by atoms with Gasteiger partial charge in [0.05, 0.1) is 26.2 Å². The lowest BCUT2D eigenvalue weighted by Crippen LogP contribution is -2.44. The van der Waals surface area contributed by atoms with Gasteiger partial charge in [-0.05, 0) is 18.4 Å². The van der Waals surface area contributed by atoms with Crippen LogP contribution >= 0.6 is 11.8 Å². The van der Waals surface area contributed by atoms with Crippen molar-refractivity contribution in [1.29, 1.82) is 0 Å². The molecule has 0 fully saturated rings. The Hall–Kier alpha value is -2.22. The number of ether oxygens (including phenoxy) is 1. The second-order valence-electron chi connectivity index (χ2n) is 5.78. The summed E-state index contributed by atoms with van der Waals surface area (Å²) in [7, 11) is 0. The Balaban J connectivity index is 4.76. The number of hydrogen-bond donors (Lipinski definition) is 4. The van der Waals surface area contributed by atoms with Crippen molar-refractivity contribution in [3.05, 3.63) is 0 Å². The van der Waals surface area contributed by atoms with Gasteiger partial charge in [0.15, 0.2) is 0 Å². The van der Waals surface area contributed by atoms with E-state index in [2.05, 4.69) is 4.74 Å². The highest BCUT2D eigenvalue weighted by molar-refractivity contribution is 7.98. The normalized spacial score (nSPS) is 12.0. The molecule has 0 aliphatic heterocycles. The molecule has 0 saturated heterocycles. The minimum atomic E-state index is -1.26. The van der Waals surface area contributed by atoms with Crippen molar-refractivity contribution >= 4 is 41.6 Å². The predicted octanol–water partition coefficient (Wildman–Crippen LogP) is -2.01. The van der Waals surface area contributed by atoms with Crippen LogP contribution in [0.2, 0.25) is 0 Å². The average Bonchev–Trinajstić information content (AvgIpc) is 2.55. The molecule has 0 saturated carbocycles. The van der Waals surface area contributed by atoms with Gasteiger partial charge < -0.3 is 25.8 Å². The molecule has 1 atom stereocenters. The van der Waals surface area contributed by atoms with E-state index in [0.29, 0.717) is 12.2 Å². The first-order chi connectivity index (χ1) is 13.0. The van der Waals surface area contributed by atoms with E-state index < -0.39 is 62.1 Å². The molecule has 0 aliphatic rings. The van der Waals surface area contributed by atoms with Crippen LogP contribution in [-0.4, -0.2) is 112 Å². The lowest BCUT2D eigenvalue weighted by molar-refractivity contribution is -0.161. The summed E-state index contributed by atoms with van der Waals surface area (Å²) in [6.45, 7) is -2.53. The van der Waals surface area contributed by atoms with E-state index >= 15 is 0 Å². The van der Waals surface area contributed by atoms with Crippen LogP contribution < -0.4 is 5.73 Å². The molecule has 13 heteroatoms. The van der Waals surface area contributed by atoms with E-state index in [0.717, 1.165) is 9.80 Å². The van der Waals surface area contributed by atoms with Crippen molar-refractivity contribution in [2.45, 2.75) is 12.5 Å². The minimum Gasteiger partial charge on any atom is -0.480 e. The van der Waals surface area contributed by atoms with Crippen LogP contribution in [0.4, 0.5) is 0 Å². The molecule has 0 spiro atoms. The first-order valence-electron chi connectivity index (χ1n) is 8.14. The Labute approximate surface area is 165 Å². The van der Waals surface area contributed by atoms with Gasteiger partial charge in [0.25, 0.3) is 0 Å². The zero-order valence-corrected chi connectivity index (χ0v) is 16.2. The summed E-state index contributed by atoms with van der Waals surface area (Å²) < 4.78 is 4.61. The van der Waals surface area contributed by atoms with Gasteiger partial charge >= 0.3 is 29.8 Å². The fourth-order valence-electron chi connectivity index (χ4n) is 2.05. The fraction of sp³-hybridized carbons (Fsp3) is 0.667. The lowest BCUT2D eigenvalue weighted by atomic mass is 10.2. The van der Waals surface area contributed by atoms with Crippen molar-refractivity contribution in [3.63, 3.8) is 0 Å². The number of carbonyl (C=O) groups is 5. The maximum Gasteiger partial charge on any atom is 0.330 e. The molecular formula is C15H25N3O9S. The number of aliphatic carboxylic acids is 3. The van der Waals surface area contributed by atoms with E-state index in [1.165, 1.54) is 11.8 Å². The zero-order valence-electron chi connectivity index (χ0n) is 15.4. The van der Waals surface area contributed by atoms with Gasteiger partial charge in [-0.1, -0.05) is 0 Å². The first-order valence-corrected chi connectivity index (χ1v) is 9.53. The van der Waals surface area contributed by atoms with Crippen LogP contribution in [0.15, 0.2) is 0 Å². The zero-order chi connectivity index (χ0) is 21.7. The van der Waals surface area contributed by atoms with Crippen molar-refractivity contribution in [2.24, 2.45) is 5.73 Å². The molecule has 0 unspecified atom stereocenters. The number of nitrogens with two attached hydrogens (primary N) is 1. The molecule has 0 aromatic carbocycles. The Kier molecular flexibility index (Phi) is 12.8. The number of thioether (sulfide) groups is 1. The van der Waals surface area contributed by atoms with Crippen molar-refractivity contribution in [1.82, 2.24) is 9.80 Å². The number of carbonyl (C=O) groups excluding carboxylic acids is 2. The Bertz CT molecular complexity index is 557. The van der Waals surface area contributed by atoms with E-state index in [-0.39, 0.29) is 13.1 Å². The number of carboxylic acids is 3. The standard InChI is InChI=1S/C15H25N3O9S/c1-28-5-2-10(16)15(26)27-14(25)9-18(8-13(23)24)4-3-17(6-11(19)20)7-12(21)22/h10H,2-9,16H2,1H3,(H,19,20)(H,21,22)(H,23,24)/t10-/m0/s1. The highest BCUT2D eigenvalue weighted by atomic mass is 32.2. The summed E-state index contributed by atoms with van der Waals surface area (Å²) in [5.74, 6) is -5.11. The second kappa shape index (κ2) is 13.9. The molecule has 0 rings (SSSR count). The van der Waals surface area contributed by atoms with Gasteiger partial charge in [0.2, 0.25) is 0 Å². The quantitative estimate of drug-likeness (QED) is 0.167. The highest BCUT2D eigenvalue weighted by Crippen LogP contribution is 2.01. The second-order valence-corrected chi connectivity index (χ2v) is 6.77. The molecule has 0 heterocycles. The van der Waals surface area contributed by atoms with Gasteiger partial charge in [-0.15, -0.1) is 0 Å². The SMILES string of the molecule is CSCC[C@H](N)C(=O)OC(=O)CN(CCN(CC(=O)O)CC(=O)O)CC(=O)O. The van der Waals surface area contributed by atoms with E-state index in [4.69, 9.17) is 21.1 Å². The largest absolute Gasteiger partial charge is 0.480 e. The molecule has 0 amide bonds. The summed E-state index contributed by atoms with van der Waals surface area (Å²) in [4.78, 5) is 58.3. The molecule has 160 valence electrons. The first kappa shape index (κ1) is 25.8. The minimum absolute atomic E-state index is 0.125. The number of hydrogen-bond acceptors (Lipinski definition) is 10. The Morgan fingerprint density at radius 3 is 1.71 bits per heavy atom. The summed E-state index contributed by atoms with van der Waals surface area (Å²) in [6, 6.07) is -0.981. The third-order valence-electron chi connectivity index (χ3n) is 3.31. The van der Waals surface area contributed by atoms with Crippen molar-refractivity contribution in [2.75, 3.05) is 51.3 Å². The molecule has 5 N–H and O–H groups in total. The molecular weight excluding hydrogens is 398 g/mol. The third-order valence-corrected chi connectivity index (χ3v) is 3.96. The summed E-state index contributed by atoms with van der Waals surface area (Å²) in [5, 5.41) is 26.5. The fourth-order valence-corrected chi connectivity index (χ4v) is 2.54. The van der Waals surface area contributed by atoms with Gasteiger partial charge in [-0.25, -0.2) is 4.79 Å². The molecule has 0 radical (unpaired) electrons. The number of nitrogens with zero attached hydrogens (tertiary/aromatic N) is 2. The smallest absolute Gasteiger partial charge is 0.330 e. The lowest BCUT2D eigenvalue weighted by Gasteiger charge is -2.24. The van der Waals surface area contributed by atoms with Gasteiger partial charge in [0, 0.05) is 13.1 Å². The Morgan fingerprint density at radius 1 is 0.893 bits per heavy atom. The molecule has 0 bridgehead atoms. The number of esters is 2. The predicted molar refractivity (Wildman–Crippen MR) is 97.9 cm³/mol. The number of carboxylic acid groups (broad SMARTS) is 3. The monoisotopic (exact) mass is 423 g/mol. The van der Waals surface area contributed by atoms with Gasteiger partial charge in [0.1, 0.15) is 6.04 Å². The van der Waals surface area contributed by atoms with E-state index in [9.17, 15) is 24.0 Å². The summed E-state index contributed by atoms with van der Waals surface area (Å²) >= 11 is 1.47. The van der Waals surface area contributed by atoms with E-state index in [1.54, 1.807) is 0 Å². The maximum absolute atomic E-state index is 11.9. The van der Waals surface area contributed by atoms with Crippen molar-refractivity contribution in [3.8, 4) is 0 Å². The van der Waals surface area contributed by atoms with Crippen LogP contribution in [0.1, 0.15) is 6.42 Å². The van der Waals surface area contributed by atoms with Gasteiger partial charge in [-0.3, -0.25) is 29.0 Å².